The van der Waals surface area contributed by atoms with Crippen molar-refractivity contribution >= 4 is 27.2 Å². The molecule has 1 fully saturated rings. The molecule has 0 aliphatic heterocycles. The summed E-state index contributed by atoms with van der Waals surface area (Å²) in [6.07, 6.45) is 1.33. The minimum absolute atomic E-state index is 0.0494. The van der Waals surface area contributed by atoms with Gasteiger partial charge in [-0.25, -0.2) is 13.1 Å². The van der Waals surface area contributed by atoms with Gasteiger partial charge in [0.2, 0.25) is 10.0 Å². The monoisotopic (exact) mass is 236 g/mol. The molecule has 1 aliphatic carbocycles. The summed E-state index contributed by atoms with van der Waals surface area (Å²) in [6.45, 7) is 3.77. The van der Waals surface area contributed by atoms with Gasteiger partial charge in [-0.15, -0.1) is 0 Å². The van der Waals surface area contributed by atoms with Crippen LogP contribution in [-0.2, 0) is 10.0 Å². The first-order valence-corrected chi connectivity index (χ1v) is 6.64. The highest BCUT2D eigenvalue weighted by Crippen LogP contribution is 2.30. The zero-order valence-electron chi connectivity index (χ0n) is 8.36. The van der Waals surface area contributed by atoms with E-state index in [1.165, 1.54) is 0 Å². The molecule has 1 aliphatic rings. The molecule has 3 atom stereocenters. The van der Waals surface area contributed by atoms with Crippen molar-refractivity contribution < 1.29 is 8.42 Å². The van der Waals surface area contributed by atoms with Gasteiger partial charge in [-0.2, -0.15) is 0 Å². The third-order valence-electron chi connectivity index (χ3n) is 2.49. The average molecular weight is 236 g/mol. The van der Waals surface area contributed by atoms with E-state index in [4.69, 9.17) is 18.0 Å². The SMILES string of the molecule is CCC(C(N)=S)S(=O)(=O)NC1CC1C. The fourth-order valence-corrected chi connectivity index (χ4v) is 3.56. The predicted octanol–water partition coefficient (Wildman–Crippen LogP) is 0.379. The van der Waals surface area contributed by atoms with Crippen molar-refractivity contribution in [1.29, 1.82) is 0 Å². The van der Waals surface area contributed by atoms with Crippen molar-refractivity contribution in [3.8, 4) is 0 Å². The van der Waals surface area contributed by atoms with Gasteiger partial charge in [-0.05, 0) is 18.8 Å². The lowest BCUT2D eigenvalue weighted by Gasteiger charge is -2.14. The van der Waals surface area contributed by atoms with Crippen molar-refractivity contribution in [3.63, 3.8) is 0 Å². The molecule has 4 nitrogen and oxygen atoms in total. The quantitative estimate of drug-likeness (QED) is 0.677. The van der Waals surface area contributed by atoms with Gasteiger partial charge >= 0.3 is 0 Å². The molecule has 1 rings (SSSR count). The standard InChI is InChI=1S/C8H16N2O2S2/c1-3-7(8(9)13)14(11,12)10-6-4-5(6)2/h5-7,10H,3-4H2,1-2H3,(H2,9,13). The molecule has 0 bridgehead atoms. The van der Waals surface area contributed by atoms with Crippen LogP contribution in [0.15, 0.2) is 0 Å². The first-order valence-electron chi connectivity index (χ1n) is 4.69. The van der Waals surface area contributed by atoms with Crippen LogP contribution < -0.4 is 10.5 Å². The fourth-order valence-electron chi connectivity index (χ4n) is 1.35. The lowest BCUT2D eigenvalue weighted by molar-refractivity contribution is 0.571. The first-order chi connectivity index (χ1) is 6.38. The van der Waals surface area contributed by atoms with E-state index in [0.717, 1.165) is 6.42 Å². The molecule has 0 aromatic heterocycles. The Bertz CT molecular complexity index is 326. The van der Waals surface area contributed by atoms with Gasteiger partial charge in [0.1, 0.15) is 5.25 Å². The first kappa shape index (κ1) is 11.9. The predicted molar refractivity (Wildman–Crippen MR) is 60.5 cm³/mol. The second kappa shape index (κ2) is 4.12. The molecule has 6 heteroatoms. The molecule has 0 aromatic carbocycles. The molecule has 0 heterocycles. The van der Waals surface area contributed by atoms with Crippen LogP contribution in [0.4, 0.5) is 0 Å². The van der Waals surface area contributed by atoms with Gasteiger partial charge in [0.15, 0.2) is 0 Å². The second-order valence-electron chi connectivity index (χ2n) is 3.78. The number of rotatable bonds is 5. The molecule has 0 saturated heterocycles. The third-order valence-corrected chi connectivity index (χ3v) is 4.89. The summed E-state index contributed by atoms with van der Waals surface area (Å²) < 4.78 is 26.1. The second-order valence-corrected chi connectivity index (χ2v) is 6.15. The molecule has 0 spiro atoms. The Balaban J connectivity index is 2.67. The van der Waals surface area contributed by atoms with Crippen molar-refractivity contribution in [1.82, 2.24) is 4.72 Å². The number of hydrogen-bond acceptors (Lipinski definition) is 3. The van der Waals surface area contributed by atoms with Gasteiger partial charge < -0.3 is 5.73 Å². The normalized spacial score (nSPS) is 28.4. The molecule has 0 aromatic rings. The molecule has 82 valence electrons. The number of nitrogens with one attached hydrogen (secondary N) is 1. The Labute approximate surface area is 90.3 Å². The Hall–Kier alpha value is -0.200. The molecular weight excluding hydrogens is 220 g/mol. The lowest BCUT2D eigenvalue weighted by atomic mass is 10.3. The van der Waals surface area contributed by atoms with Gasteiger partial charge in [0.05, 0.1) is 4.99 Å². The Morgan fingerprint density at radius 1 is 1.71 bits per heavy atom. The smallest absolute Gasteiger partial charge is 0.221 e. The molecule has 0 amide bonds. The van der Waals surface area contributed by atoms with Crippen molar-refractivity contribution in [3.05, 3.63) is 0 Å². The van der Waals surface area contributed by atoms with Crippen molar-refractivity contribution in [2.75, 3.05) is 0 Å². The van der Waals surface area contributed by atoms with E-state index < -0.39 is 15.3 Å². The van der Waals surface area contributed by atoms with E-state index in [1.807, 2.05) is 6.92 Å². The minimum Gasteiger partial charge on any atom is -0.392 e. The highest BCUT2D eigenvalue weighted by atomic mass is 32.2. The van der Waals surface area contributed by atoms with E-state index in [2.05, 4.69) is 4.72 Å². The Morgan fingerprint density at radius 2 is 2.21 bits per heavy atom. The van der Waals surface area contributed by atoms with E-state index >= 15 is 0 Å². The van der Waals surface area contributed by atoms with Crippen LogP contribution in [-0.4, -0.2) is 24.7 Å². The van der Waals surface area contributed by atoms with Crippen LogP contribution in [0.2, 0.25) is 0 Å². The highest BCUT2D eigenvalue weighted by Gasteiger charge is 2.38. The van der Waals surface area contributed by atoms with Crippen LogP contribution in [0.1, 0.15) is 26.7 Å². The van der Waals surface area contributed by atoms with Crippen molar-refractivity contribution in [2.24, 2.45) is 11.7 Å². The molecule has 3 unspecified atom stereocenters. The topological polar surface area (TPSA) is 72.2 Å². The van der Waals surface area contributed by atoms with Gasteiger partial charge in [0, 0.05) is 6.04 Å². The summed E-state index contributed by atoms with van der Waals surface area (Å²) in [6, 6.07) is 0.0865. The van der Waals surface area contributed by atoms with E-state index in [9.17, 15) is 8.42 Å². The lowest BCUT2D eigenvalue weighted by Crippen LogP contribution is -2.42. The maximum absolute atomic E-state index is 11.7. The van der Waals surface area contributed by atoms with E-state index in [1.54, 1.807) is 6.92 Å². The van der Waals surface area contributed by atoms with Gasteiger partial charge in [0.25, 0.3) is 0 Å². The highest BCUT2D eigenvalue weighted by molar-refractivity contribution is 7.93. The number of nitrogens with two attached hydrogens (primary N) is 1. The van der Waals surface area contributed by atoms with Crippen molar-refractivity contribution in [2.45, 2.75) is 38.0 Å². The molecule has 3 N–H and O–H groups in total. The maximum Gasteiger partial charge on any atom is 0.221 e. The molecule has 0 radical (unpaired) electrons. The molecular formula is C8H16N2O2S2. The zero-order chi connectivity index (χ0) is 10.9. The Morgan fingerprint density at radius 3 is 2.50 bits per heavy atom. The zero-order valence-corrected chi connectivity index (χ0v) is 9.99. The molecule has 14 heavy (non-hydrogen) atoms. The summed E-state index contributed by atoms with van der Waals surface area (Å²) in [4.78, 5) is 0.0494. The minimum atomic E-state index is -3.36. The largest absolute Gasteiger partial charge is 0.392 e. The van der Waals surface area contributed by atoms with Crippen LogP contribution in [0.5, 0.6) is 0 Å². The number of thiocarbonyl (C=S) groups is 1. The van der Waals surface area contributed by atoms with Crippen LogP contribution in [0, 0.1) is 5.92 Å². The summed E-state index contributed by atoms with van der Waals surface area (Å²) in [7, 11) is -3.36. The summed E-state index contributed by atoms with van der Waals surface area (Å²) in [5.74, 6) is 0.439. The summed E-state index contributed by atoms with van der Waals surface area (Å²) >= 11 is 4.73. The van der Waals surface area contributed by atoms with E-state index in [0.29, 0.717) is 12.3 Å². The summed E-state index contributed by atoms with van der Waals surface area (Å²) in [5, 5.41) is -0.731. The Kier molecular flexibility index (Phi) is 3.49. The van der Waals surface area contributed by atoms with Gasteiger partial charge in [-0.1, -0.05) is 26.1 Å². The number of hydrogen-bond donors (Lipinski definition) is 2. The fraction of sp³-hybridized carbons (Fsp3) is 0.875. The average Bonchev–Trinajstić information content (AvgIpc) is 2.64. The van der Waals surface area contributed by atoms with E-state index in [-0.39, 0.29) is 11.0 Å². The molecule has 1 saturated carbocycles. The van der Waals surface area contributed by atoms with Crippen LogP contribution >= 0.6 is 12.2 Å². The third kappa shape index (κ3) is 2.65. The number of sulfonamides is 1. The van der Waals surface area contributed by atoms with Crippen LogP contribution in [0.25, 0.3) is 0 Å². The van der Waals surface area contributed by atoms with Crippen LogP contribution in [0.3, 0.4) is 0 Å². The maximum atomic E-state index is 11.7. The summed E-state index contributed by atoms with van der Waals surface area (Å²) in [5.41, 5.74) is 5.38. The van der Waals surface area contributed by atoms with Gasteiger partial charge in [-0.3, -0.25) is 0 Å².